The van der Waals surface area contributed by atoms with Crippen molar-refractivity contribution in [2.24, 2.45) is 0 Å². The zero-order chi connectivity index (χ0) is 17.8. The number of halogens is 1. The van der Waals surface area contributed by atoms with Gasteiger partial charge in [-0.3, -0.25) is 4.79 Å². The fourth-order valence-corrected chi connectivity index (χ4v) is 3.10. The molecule has 0 spiro atoms. The molecule has 1 heterocycles. The van der Waals surface area contributed by atoms with E-state index in [0.29, 0.717) is 21.5 Å². The number of aryl methyl sites for hydroxylation is 2. The number of amides is 1. The molecule has 25 heavy (non-hydrogen) atoms. The molecule has 0 bridgehead atoms. The molecule has 5 nitrogen and oxygen atoms in total. The highest BCUT2D eigenvalue weighted by molar-refractivity contribution is 9.10. The first-order chi connectivity index (χ1) is 12.1. The Labute approximate surface area is 154 Å². The summed E-state index contributed by atoms with van der Waals surface area (Å²) in [5, 5.41) is 10.7. The second-order valence-electron chi connectivity index (χ2n) is 5.59. The molecule has 0 fully saturated rings. The molecule has 1 aromatic heterocycles. The highest BCUT2D eigenvalue weighted by Crippen LogP contribution is 2.30. The van der Waals surface area contributed by atoms with Crippen molar-refractivity contribution in [3.8, 4) is 11.3 Å². The van der Waals surface area contributed by atoms with E-state index < -0.39 is 0 Å². The number of hydrogen-bond acceptors (Lipinski definition) is 4. The minimum atomic E-state index is -0.269. The van der Waals surface area contributed by atoms with Crippen LogP contribution in [-0.2, 0) is 12.8 Å². The van der Waals surface area contributed by atoms with Crippen LogP contribution in [0.25, 0.3) is 11.3 Å². The molecule has 6 heteroatoms. The molecular weight excluding hydrogens is 382 g/mol. The Hall–Kier alpha value is -2.47. The molecule has 3 aromatic rings. The van der Waals surface area contributed by atoms with Gasteiger partial charge in [-0.2, -0.15) is 0 Å². The summed E-state index contributed by atoms with van der Waals surface area (Å²) in [6.07, 6.45) is 1.77. The Bertz CT molecular complexity index is 905. The van der Waals surface area contributed by atoms with E-state index in [1.165, 1.54) is 5.56 Å². The van der Waals surface area contributed by atoms with Gasteiger partial charge in [-0.05, 0) is 68.4 Å². The number of aromatic nitrogens is 2. The first kappa shape index (κ1) is 17.4. The third kappa shape index (κ3) is 3.64. The van der Waals surface area contributed by atoms with E-state index in [4.69, 9.17) is 4.63 Å². The van der Waals surface area contributed by atoms with E-state index >= 15 is 0 Å². The first-order valence-corrected chi connectivity index (χ1v) is 8.94. The smallest absolute Gasteiger partial charge is 0.258 e. The molecule has 0 aliphatic carbocycles. The maximum atomic E-state index is 12.5. The molecule has 0 radical (unpaired) electrons. The highest BCUT2D eigenvalue weighted by atomic mass is 79.9. The predicted octanol–water partition coefficient (Wildman–Crippen LogP) is 4.88. The molecular formula is C19H18BrN3O2. The lowest BCUT2D eigenvalue weighted by molar-refractivity contribution is 0.102. The average Bonchev–Trinajstić information content (AvgIpc) is 3.09. The normalized spacial score (nSPS) is 10.7. The summed E-state index contributed by atoms with van der Waals surface area (Å²) < 4.78 is 5.63. The zero-order valence-electron chi connectivity index (χ0n) is 14.0. The molecule has 1 amide bonds. The van der Waals surface area contributed by atoms with Crippen LogP contribution in [-0.4, -0.2) is 16.2 Å². The number of nitrogens with zero attached hydrogens (tertiary/aromatic N) is 2. The highest BCUT2D eigenvalue weighted by Gasteiger charge is 2.19. The van der Waals surface area contributed by atoms with Crippen LogP contribution in [0.15, 0.2) is 51.6 Å². The monoisotopic (exact) mass is 399 g/mol. The number of rotatable bonds is 5. The van der Waals surface area contributed by atoms with Gasteiger partial charge in [0.25, 0.3) is 5.91 Å². The second-order valence-corrected chi connectivity index (χ2v) is 6.45. The Morgan fingerprint density at radius 1 is 1.12 bits per heavy atom. The molecule has 0 aliphatic rings. The van der Waals surface area contributed by atoms with Crippen LogP contribution in [0.3, 0.4) is 0 Å². The lowest BCUT2D eigenvalue weighted by Gasteiger charge is -2.09. The van der Waals surface area contributed by atoms with Gasteiger partial charge < -0.3 is 5.32 Å². The van der Waals surface area contributed by atoms with E-state index in [-0.39, 0.29) is 5.91 Å². The molecule has 1 N–H and O–H groups in total. The lowest BCUT2D eigenvalue weighted by atomic mass is 9.98. The second kappa shape index (κ2) is 7.61. The van der Waals surface area contributed by atoms with Crippen LogP contribution in [0.5, 0.6) is 0 Å². The van der Waals surface area contributed by atoms with Crippen LogP contribution in [0.4, 0.5) is 5.82 Å². The van der Waals surface area contributed by atoms with Crippen molar-refractivity contribution in [2.75, 3.05) is 5.32 Å². The van der Waals surface area contributed by atoms with Crippen molar-refractivity contribution < 1.29 is 9.42 Å². The SMILES string of the molecule is CCc1ccc(CC)c(-c2nonc2NC(=O)c2ccccc2Br)c1. The van der Waals surface area contributed by atoms with Crippen molar-refractivity contribution >= 4 is 27.7 Å². The molecule has 2 aromatic carbocycles. The quantitative estimate of drug-likeness (QED) is 0.663. The molecule has 0 saturated carbocycles. The van der Waals surface area contributed by atoms with E-state index in [1.807, 2.05) is 18.2 Å². The summed E-state index contributed by atoms with van der Waals surface area (Å²) in [5.74, 6) is 0.0535. The molecule has 3 rings (SSSR count). The summed E-state index contributed by atoms with van der Waals surface area (Å²) in [5.41, 5.74) is 4.33. The Balaban J connectivity index is 1.96. The summed E-state index contributed by atoms with van der Waals surface area (Å²) in [4.78, 5) is 12.5. The standard InChI is InChI=1S/C19H18BrN3O2/c1-3-12-9-10-13(4-2)15(11-12)17-18(23-25-22-17)21-19(24)14-7-5-6-8-16(14)20/h5-11H,3-4H2,1-2H3,(H,21,23,24). The van der Waals surface area contributed by atoms with E-state index in [9.17, 15) is 4.79 Å². The predicted molar refractivity (Wildman–Crippen MR) is 101 cm³/mol. The molecule has 0 saturated heterocycles. The number of anilines is 1. The van der Waals surface area contributed by atoms with E-state index in [0.717, 1.165) is 24.0 Å². The van der Waals surface area contributed by atoms with Crippen molar-refractivity contribution in [2.45, 2.75) is 26.7 Å². The fourth-order valence-electron chi connectivity index (χ4n) is 2.64. The number of carbonyl (C=O) groups excluding carboxylic acids is 1. The van der Waals surface area contributed by atoms with Gasteiger partial charge in [-0.1, -0.05) is 38.1 Å². The Morgan fingerprint density at radius 3 is 2.64 bits per heavy atom. The Morgan fingerprint density at radius 2 is 1.92 bits per heavy atom. The maximum absolute atomic E-state index is 12.5. The van der Waals surface area contributed by atoms with Gasteiger partial charge in [0.2, 0.25) is 5.82 Å². The molecule has 128 valence electrons. The first-order valence-electron chi connectivity index (χ1n) is 8.14. The van der Waals surface area contributed by atoms with Crippen LogP contribution < -0.4 is 5.32 Å². The van der Waals surface area contributed by atoms with Crippen LogP contribution in [0.2, 0.25) is 0 Å². The molecule has 0 atom stereocenters. The van der Waals surface area contributed by atoms with E-state index in [2.05, 4.69) is 63.6 Å². The fraction of sp³-hybridized carbons (Fsp3) is 0.211. The third-order valence-electron chi connectivity index (χ3n) is 4.06. The summed E-state index contributed by atoms with van der Waals surface area (Å²) in [7, 11) is 0. The van der Waals surface area contributed by atoms with Crippen molar-refractivity contribution in [1.29, 1.82) is 0 Å². The van der Waals surface area contributed by atoms with Gasteiger partial charge in [0.05, 0.1) is 5.56 Å². The van der Waals surface area contributed by atoms with Gasteiger partial charge in [-0.25, -0.2) is 4.63 Å². The number of benzene rings is 2. The average molecular weight is 400 g/mol. The third-order valence-corrected chi connectivity index (χ3v) is 4.75. The Kier molecular flexibility index (Phi) is 5.28. The summed E-state index contributed by atoms with van der Waals surface area (Å²) in [6.45, 7) is 4.18. The van der Waals surface area contributed by atoms with Crippen LogP contribution in [0, 0.1) is 0 Å². The summed E-state index contributed by atoms with van der Waals surface area (Å²) in [6, 6.07) is 13.5. The zero-order valence-corrected chi connectivity index (χ0v) is 15.6. The van der Waals surface area contributed by atoms with Crippen LogP contribution >= 0.6 is 15.9 Å². The van der Waals surface area contributed by atoms with Crippen molar-refractivity contribution in [1.82, 2.24) is 10.3 Å². The van der Waals surface area contributed by atoms with Crippen molar-refractivity contribution in [3.63, 3.8) is 0 Å². The summed E-state index contributed by atoms with van der Waals surface area (Å²) >= 11 is 3.39. The van der Waals surface area contributed by atoms with Gasteiger partial charge in [0.15, 0.2) is 5.69 Å². The molecule has 0 aliphatic heterocycles. The molecule has 0 unspecified atom stereocenters. The number of nitrogens with one attached hydrogen (secondary N) is 1. The largest absolute Gasteiger partial charge is 0.302 e. The van der Waals surface area contributed by atoms with Gasteiger partial charge >= 0.3 is 0 Å². The maximum Gasteiger partial charge on any atom is 0.258 e. The minimum absolute atomic E-state index is 0.269. The van der Waals surface area contributed by atoms with Gasteiger partial charge in [0, 0.05) is 10.0 Å². The topological polar surface area (TPSA) is 68.0 Å². The lowest BCUT2D eigenvalue weighted by Crippen LogP contribution is -2.13. The minimum Gasteiger partial charge on any atom is -0.302 e. The van der Waals surface area contributed by atoms with Gasteiger partial charge in [0.1, 0.15) is 0 Å². The number of hydrogen-bond donors (Lipinski definition) is 1. The van der Waals surface area contributed by atoms with Gasteiger partial charge in [-0.15, -0.1) is 0 Å². The van der Waals surface area contributed by atoms with Crippen LogP contribution in [0.1, 0.15) is 35.3 Å². The van der Waals surface area contributed by atoms with Crippen molar-refractivity contribution in [3.05, 3.63) is 63.6 Å². The van der Waals surface area contributed by atoms with E-state index in [1.54, 1.807) is 6.07 Å². The number of carbonyl (C=O) groups is 1.